The van der Waals surface area contributed by atoms with E-state index in [1.807, 2.05) is 25.1 Å². The van der Waals surface area contributed by atoms with Crippen molar-refractivity contribution in [2.75, 3.05) is 20.7 Å². The van der Waals surface area contributed by atoms with E-state index in [0.717, 1.165) is 25.1 Å². The van der Waals surface area contributed by atoms with Crippen LogP contribution in [0.15, 0.2) is 54.6 Å². The van der Waals surface area contributed by atoms with Crippen LogP contribution in [0.2, 0.25) is 0 Å². The third kappa shape index (κ3) is 13.8. The zero-order valence-electron chi connectivity index (χ0n) is 26.3. The Morgan fingerprint density at radius 3 is 1.82 bits per heavy atom. The molecular weight excluding hydrogens is 494 g/mol. The number of rotatable bonds is 22. The molecule has 224 valence electrons. The molecule has 4 heteroatoms. The summed E-state index contributed by atoms with van der Waals surface area (Å²) in [6, 6.07) is 18.5. The van der Waals surface area contributed by atoms with Crippen LogP contribution in [0.25, 0.3) is 0 Å². The van der Waals surface area contributed by atoms with Crippen LogP contribution in [-0.4, -0.2) is 43.3 Å². The number of unbranched alkanes of at least 4 members (excludes halogenated alkanes) is 11. The van der Waals surface area contributed by atoms with Crippen LogP contribution in [-0.2, 0) is 22.5 Å². The van der Waals surface area contributed by atoms with E-state index in [9.17, 15) is 4.79 Å². The molecule has 0 saturated heterocycles. The summed E-state index contributed by atoms with van der Waals surface area (Å²) < 4.78 is 12.4. The lowest BCUT2D eigenvalue weighted by Crippen LogP contribution is -2.51. The van der Waals surface area contributed by atoms with Crippen molar-refractivity contribution in [3.63, 3.8) is 0 Å². The number of hydrogen-bond acceptors (Lipinski definition) is 3. The molecule has 2 aromatic rings. The van der Waals surface area contributed by atoms with Crippen LogP contribution in [0.5, 0.6) is 5.75 Å². The normalized spacial score (nSPS) is 13.1. The van der Waals surface area contributed by atoms with Gasteiger partial charge in [0.25, 0.3) is 0 Å². The minimum Gasteiger partial charge on any atom is -0.487 e. The molecule has 2 atom stereocenters. The molecule has 0 bridgehead atoms. The first-order valence-corrected chi connectivity index (χ1v) is 16.1. The Morgan fingerprint density at radius 1 is 0.725 bits per heavy atom. The summed E-state index contributed by atoms with van der Waals surface area (Å²) in [5.41, 5.74) is 2.58. The Balaban J connectivity index is 1.62. The monoisotopic (exact) mass is 552 g/mol. The fraction of sp³-hybridized carbons (Fsp3) is 0.639. The highest BCUT2D eigenvalue weighted by Gasteiger charge is 2.32. The maximum absolute atomic E-state index is 12.9. The van der Waals surface area contributed by atoms with Gasteiger partial charge in [0.15, 0.2) is 6.04 Å². The maximum Gasteiger partial charge on any atom is 0.364 e. The molecule has 0 aromatic heterocycles. The van der Waals surface area contributed by atoms with E-state index in [-0.39, 0.29) is 24.7 Å². The Labute approximate surface area is 246 Å². The Hall–Kier alpha value is -2.33. The number of carbonyl (C=O) groups excluding carboxylic acids is 1. The maximum atomic E-state index is 12.9. The van der Waals surface area contributed by atoms with E-state index in [0.29, 0.717) is 4.48 Å². The van der Waals surface area contributed by atoms with Gasteiger partial charge in [-0.3, -0.25) is 0 Å². The molecule has 0 N–H and O–H groups in total. The largest absolute Gasteiger partial charge is 0.487 e. The van der Waals surface area contributed by atoms with Gasteiger partial charge in [-0.05, 0) is 43.9 Å². The van der Waals surface area contributed by atoms with Crippen LogP contribution >= 0.6 is 0 Å². The van der Waals surface area contributed by atoms with Crippen LogP contribution in [0, 0.1) is 0 Å². The molecule has 0 heterocycles. The second-order valence-corrected chi connectivity index (χ2v) is 12.2. The Morgan fingerprint density at radius 2 is 1.27 bits per heavy atom. The molecule has 0 amide bonds. The topological polar surface area (TPSA) is 35.5 Å². The number of hydrogen-bond donors (Lipinski definition) is 0. The lowest BCUT2D eigenvalue weighted by Gasteiger charge is -2.34. The number of quaternary nitrogens is 1. The van der Waals surface area contributed by atoms with Gasteiger partial charge in [-0.15, -0.1) is 0 Å². The van der Waals surface area contributed by atoms with Gasteiger partial charge in [0.1, 0.15) is 25.0 Å². The second-order valence-electron chi connectivity index (χ2n) is 12.2. The Bertz CT molecular complexity index is 909. The van der Waals surface area contributed by atoms with Crippen LogP contribution < -0.4 is 4.74 Å². The Kier molecular flexibility index (Phi) is 16.7. The number of esters is 1. The van der Waals surface area contributed by atoms with Gasteiger partial charge in [0, 0.05) is 5.56 Å². The summed E-state index contributed by atoms with van der Waals surface area (Å²) >= 11 is 0. The van der Waals surface area contributed by atoms with Crippen molar-refractivity contribution in [2.24, 2.45) is 0 Å². The van der Waals surface area contributed by atoms with E-state index >= 15 is 0 Å². The molecule has 2 rings (SSSR count). The van der Waals surface area contributed by atoms with Gasteiger partial charge in [-0.2, -0.15) is 0 Å². The summed E-state index contributed by atoms with van der Waals surface area (Å²) in [7, 11) is 4.15. The van der Waals surface area contributed by atoms with E-state index in [1.165, 1.54) is 88.2 Å². The van der Waals surface area contributed by atoms with Crippen molar-refractivity contribution in [1.29, 1.82) is 0 Å². The van der Waals surface area contributed by atoms with Gasteiger partial charge >= 0.3 is 5.97 Å². The van der Waals surface area contributed by atoms with Gasteiger partial charge in [-0.25, -0.2) is 4.79 Å². The number of benzene rings is 2. The van der Waals surface area contributed by atoms with Crippen molar-refractivity contribution >= 4 is 5.97 Å². The molecular formula is C36H58NO3+. The molecule has 4 nitrogen and oxygen atoms in total. The first kappa shape index (κ1) is 33.9. The summed E-state index contributed by atoms with van der Waals surface area (Å²) in [6.45, 7) is 7.34. The highest BCUT2D eigenvalue weighted by atomic mass is 16.6. The van der Waals surface area contributed by atoms with Gasteiger partial charge < -0.3 is 14.0 Å². The molecule has 0 aliphatic carbocycles. The highest BCUT2D eigenvalue weighted by Crippen LogP contribution is 2.19. The minimum atomic E-state index is -0.266. The number of ether oxygens (including phenoxy) is 2. The van der Waals surface area contributed by atoms with Gasteiger partial charge in [0.05, 0.1) is 14.1 Å². The van der Waals surface area contributed by atoms with E-state index < -0.39 is 0 Å². The lowest BCUT2D eigenvalue weighted by molar-refractivity contribution is -0.917. The van der Waals surface area contributed by atoms with Gasteiger partial charge in [0.2, 0.25) is 0 Å². The van der Waals surface area contributed by atoms with Gasteiger partial charge in [-0.1, -0.05) is 127 Å². The third-order valence-electron chi connectivity index (χ3n) is 8.23. The van der Waals surface area contributed by atoms with E-state index in [4.69, 9.17) is 9.47 Å². The van der Waals surface area contributed by atoms with Crippen molar-refractivity contribution < 1.29 is 18.8 Å². The molecule has 0 spiro atoms. The second kappa shape index (κ2) is 19.7. The third-order valence-corrected chi connectivity index (χ3v) is 8.23. The molecule has 0 aliphatic rings. The van der Waals surface area contributed by atoms with Crippen LogP contribution in [0.4, 0.5) is 0 Å². The molecule has 0 radical (unpaired) electrons. The van der Waals surface area contributed by atoms with E-state index in [1.54, 1.807) is 0 Å². The minimum absolute atomic E-state index is 0.150. The predicted octanol–water partition coefficient (Wildman–Crippen LogP) is 9.30. The molecule has 2 aromatic carbocycles. The van der Waals surface area contributed by atoms with Crippen molar-refractivity contribution in [3.8, 4) is 5.75 Å². The van der Waals surface area contributed by atoms with Crippen molar-refractivity contribution in [2.45, 2.75) is 129 Å². The lowest BCUT2D eigenvalue weighted by atomic mass is 10.0. The first-order valence-electron chi connectivity index (χ1n) is 16.1. The standard InChI is InChI=1S/C36H58NO3/c1-6-8-9-10-11-12-13-14-15-16-17-19-22-32-25-27-35(28-26-32)40-34(7-2)30-39-36(38)31(3)37(4,5)29-33-23-20-18-21-24-33/h18,20-21,23-28,31,34H,6-17,19,22,29-30H2,1-5H3/q+1. The number of nitrogens with zero attached hydrogens (tertiary/aromatic N) is 1. The predicted molar refractivity (Wildman–Crippen MR) is 169 cm³/mol. The first-order chi connectivity index (χ1) is 19.4. The van der Waals surface area contributed by atoms with Crippen LogP contribution in [0.3, 0.4) is 0 Å². The van der Waals surface area contributed by atoms with Crippen LogP contribution in [0.1, 0.15) is 115 Å². The molecule has 0 saturated carbocycles. The highest BCUT2D eigenvalue weighted by molar-refractivity contribution is 5.74. The van der Waals surface area contributed by atoms with E-state index in [2.05, 4.69) is 64.3 Å². The fourth-order valence-electron chi connectivity index (χ4n) is 5.10. The molecule has 0 aliphatic heterocycles. The molecule has 40 heavy (non-hydrogen) atoms. The summed E-state index contributed by atoms with van der Waals surface area (Å²) in [6.07, 6.45) is 18.3. The van der Waals surface area contributed by atoms with Crippen molar-refractivity contribution in [3.05, 3.63) is 65.7 Å². The molecule has 0 fully saturated rings. The quantitative estimate of drug-likeness (QED) is 0.0829. The smallest absolute Gasteiger partial charge is 0.364 e. The summed E-state index contributed by atoms with van der Waals surface area (Å²) in [5, 5.41) is 0. The fourth-order valence-corrected chi connectivity index (χ4v) is 5.10. The zero-order chi connectivity index (χ0) is 29.1. The average Bonchev–Trinajstić information content (AvgIpc) is 2.96. The molecule has 2 unspecified atom stereocenters. The average molecular weight is 553 g/mol. The number of likely N-dealkylation sites (N-methyl/N-ethyl adjacent to an activating group) is 1. The van der Waals surface area contributed by atoms with Crippen molar-refractivity contribution in [1.82, 2.24) is 0 Å². The number of carbonyl (C=O) groups is 1. The summed E-state index contributed by atoms with van der Waals surface area (Å²) in [5.74, 6) is 0.662. The zero-order valence-corrected chi connectivity index (χ0v) is 26.3. The summed E-state index contributed by atoms with van der Waals surface area (Å²) in [4.78, 5) is 12.9. The SMILES string of the molecule is CCCCCCCCCCCCCCc1ccc(OC(CC)COC(=O)C(C)[N+](C)(C)Cc2ccccc2)cc1. The number of aryl methyl sites for hydroxylation is 1.